The number of carbonyl (C=O) groups is 1. The van der Waals surface area contributed by atoms with Crippen LogP contribution in [0.25, 0.3) is 0 Å². The van der Waals surface area contributed by atoms with E-state index in [0.29, 0.717) is 11.9 Å². The third-order valence-corrected chi connectivity index (χ3v) is 3.36. The molecule has 0 bridgehead atoms. The number of rotatable bonds is 4. The number of alkyl halides is 1. The molecule has 14 heavy (non-hydrogen) atoms. The number of hydrogen-bond donors (Lipinski definition) is 0. The topological polar surface area (TPSA) is 26.3 Å². The molecular weight excluding hydrogens is 246 g/mol. The molecule has 1 aliphatic heterocycles. The van der Waals surface area contributed by atoms with Crippen LogP contribution in [0.2, 0.25) is 0 Å². The highest BCUT2D eigenvalue weighted by Gasteiger charge is 2.24. The number of nitrogens with zero attached hydrogens (tertiary/aromatic N) is 1. The van der Waals surface area contributed by atoms with E-state index in [9.17, 15) is 4.79 Å². The van der Waals surface area contributed by atoms with Crippen molar-refractivity contribution in [1.29, 1.82) is 0 Å². The van der Waals surface area contributed by atoms with Crippen LogP contribution in [-0.4, -0.2) is 49.1 Å². The van der Waals surface area contributed by atoms with Gasteiger partial charge in [-0.3, -0.25) is 4.79 Å². The lowest BCUT2D eigenvalue weighted by atomic mass is 10.1. The Hall–Kier alpha value is -0.0900. The smallest absolute Gasteiger partial charge is 0.316 e. The van der Waals surface area contributed by atoms with Crippen molar-refractivity contribution in [3.05, 3.63) is 0 Å². The van der Waals surface area contributed by atoms with E-state index in [1.165, 1.54) is 32.4 Å². The van der Waals surface area contributed by atoms with Crippen molar-refractivity contribution < 1.29 is 14.0 Å². The molecule has 0 radical (unpaired) electrons. The number of likely N-dealkylation sites (N-methyl/N-ethyl adjacent to an activating group) is 1. The standard InChI is InChI=1S/C10H19BrNO2/c1-12(5-3-2-4-6-12)7-8-14-10(13)9-11/h2-9H2,1H3/q+1. The Kier molecular flexibility index (Phi) is 4.89. The second-order valence-electron chi connectivity index (χ2n) is 4.21. The monoisotopic (exact) mass is 264 g/mol. The van der Waals surface area contributed by atoms with Crippen molar-refractivity contribution in [2.45, 2.75) is 19.3 Å². The minimum absolute atomic E-state index is 0.159. The summed E-state index contributed by atoms with van der Waals surface area (Å²) in [7, 11) is 2.25. The lowest BCUT2D eigenvalue weighted by molar-refractivity contribution is -0.914. The van der Waals surface area contributed by atoms with E-state index in [-0.39, 0.29) is 5.97 Å². The average Bonchev–Trinajstić information content (AvgIpc) is 2.18. The predicted octanol–water partition coefficient (Wildman–Crippen LogP) is 1.56. The molecule has 0 aromatic heterocycles. The molecule has 1 rings (SSSR count). The summed E-state index contributed by atoms with van der Waals surface area (Å²) in [4.78, 5) is 10.9. The Bertz CT molecular complexity index is 191. The number of piperidine rings is 1. The molecule has 3 nitrogen and oxygen atoms in total. The number of halogens is 1. The first-order valence-electron chi connectivity index (χ1n) is 5.21. The molecule has 1 heterocycles. The van der Waals surface area contributed by atoms with Gasteiger partial charge in [0.25, 0.3) is 0 Å². The van der Waals surface area contributed by atoms with Gasteiger partial charge < -0.3 is 9.22 Å². The normalized spacial score (nSPS) is 20.4. The van der Waals surface area contributed by atoms with E-state index in [4.69, 9.17) is 4.74 Å². The summed E-state index contributed by atoms with van der Waals surface area (Å²) in [5, 5.41) is 0.302. The number of hydrogen-bond acceptors (Lipinski definition) is 2. The second kappa shape index (κ2) is 5.71. The van der Waals surface area contributed by atoms with Crippen LogP contribution in [0.1, 0.15) is 19.3 Å². The third kappa shape index (κ3) is 3.96. The van der Waals surface area contributed by atoms with Crippen LogP contribution >= 0.6 is 15.9 Å². The van der Waals surface area contributed by atoms with Crippen LogP contribution in [-0.2, 0) is 9.53 Å². The minimum Gasteiger partial charge on any atom is -0.459 e. The molecule has 0 spiro atoms. The van der Waals surface area contributed by atoms with Crippen LogP contribution in [0.4, 0.5) is 0 Å². The Balaban J connectivity index is 2.18. The highest BCUT2D eigenvalue weighted by molar-refractivity contribution is 9.09. The summed E-state index contributed by atoms with van der Waals surface area (Å²) < 4.78 is 6.12. The molecular formula is C10H19BrNO2+. The maximum absolute atomic E-state index is 10.9. The van der Waals surface area contributed by atoms with Crippen LogP contribution < -0.4 is 0 Å². The zero-order valence-corrected chi connectivity index (χ0v) is 10.4. The SMILES string of the molecule is C[N+]1(CCOC(=O)CBr)CCCCC1. The van der Waals surface area contributed by atoms with Gasteiger partial charge in [0.2, 0.25) is 0 Å². The molecule has 0 aromatic rings. The molecule has 4 heteroatoms. The number of esters is 1. The Labute approximate surface area is 94.1 Å². The molecule has 1 aliphatic rings. The van der Waals surface area contributed by atoms with E-state index >= 15 is 0 Å². The lowest BCUT2D eigenvalue weighted by Gasteiger charge is -2.37. The summed E-state index contributed by atoms with van der Waals surface area (Å²) in [6, 6.07) is 0. The van der Waals surface area contributed by atoms with Gasteiger partial charge >= 0.3 is 5.97 Å². The molecule has 1 saturated heterocycles. The molecule has 0 saturated carbocycles. The van der Waals surface area contributed by atoms with Gasteiger partial charge in [-0.2, -0.15) is 0 Å². The number of carbonyl (C=O) groups excluding carboxylic acids is 1. The van der Waals surface area contributed by atoms with Crippen molar-refractivity contribution in [1.82, 2.24) is 0 Å². The van der Waals surface area contributed by atoms with Gasteiger partial charge in [0.15, 0.2) is 0 Å². The summed E-state index contributed by atoms with van der Waals surface area (Å²) in [5.74, 6) is -0.159. The third-order valence-electron chi connectivity index (χ3n) is 2.90. The van der Waals surface area contributed by atoms with Crippen LogP contribution in [0.15, 0.2) is 0 Å². The molecule has 0 N–H and O–H groups in total. The zero-order chi connectivity index (χ0) is 10.4. The van der Waals surface area contributed by atoms with Gasteiger partial charge in [-0.15, -0.1) is 0 Å². The van der Waals surface area contributed by atoms with Crippen LogP contribution in [0.5, 0.6) is 0 Å². The highest BCUT2D eigenvalue weighted by Crippen LogP contribution is 2.15. The van der Waals surface area contributed by atoms with Crippen molar-refractivity contribution >= 4 is 21.9 Å². The molecule has 0 aromatic carbocycles. The lowest BCUT2D eigenvalue weighted by Crippen LogP contribution is -2.49. The van der Waals surface area contributed by atoms with Gasteiger partial charge in [-0.05, 0) is 19.3 Å². The fourth-order valence-corrected chi connectivity index (χ4v) is 2.08. The zero-order valence-electron chi connectivity index (χ0n) is 8.80. The quantitative estimate of drug-likeness (QED) is 0.438. The van der Waals surface area contributed by atoms with Crippen molar-refractivity contribution in [3.8, 4) is 0 Å². The molecule has 0 amide bonds. The summed E-state index contributed by atoms with van der Waals surface area (Å²) in [5.41, 5.74) is 0. The average molecular weight is 265 g/mol. The number of ether oxygens (including phenoxy) is 1. The summed E-state index contributed by atoms with van der Waals surface area (Å²) in [6.07, 6.45) is 3.97. The molecule has 0 unspecified atom stereocenters. The molecule has 82 valence electrons. The van der Waals surface area contributed by atoms with E-state index < -0.39 is 0 Å². The predicted molar refractivity (Wildman–Crippen MR) is 59.4 cm³/mol. The highest BCUT2D eigenvalue weighted by atomic mass is 79.9. The van der Waals surface area contributed by atoms with Gasteiger partial charge in [0, 0.05) is 0 Å². The van der Waals surface area contributed by atoms with E-state index in [1.807, 2.05) is 0 Å². The van der Waals surface area contributed by atoms with Gasteiger partial charge in [0.1, 0.15) is 18.5 Å². The maximum Gasteiger partial charge on any atom is 0.316 e. The second-order valence-corrected chi connectivity index (χ2v) is 4.77. The van der Waals surface area contributed by atoms with Gasteiger partial charge in [-0.25, -0.2) is 0 Å². The van der Waals surface area contributed by atoms with E-state index in [1.54, 1.807) is 0 Å². The molecule has 0 aliphatic carbocycles. The Morgan fingerprint density at radius 3 is 2.57 bits per heavy atom. The Morgan fingerprint density at radius 1 is 1.36 bits per heavy atom. The van der Waals surface area contributed by atoms with E-state index in [0.717, 1.165) is 11.0 Å². The first kappa shape index (κ1) is 12.0. The first-order chi connectivity index (χ1) is 6.66. The first-order valence-corrected chi connectivity index (χ1v) is 6.34. The van der Waals surface area contributed by atoms with Gasteiger partial charge in [0.05, 0.1) is 20.1 Å². The van der Waals surface area contributed by atoms with Crippen LogP contribution in [0, 0.1) is 0 Å². The largest absolute Gasteiger partial charge is 0.459 e. The summed E-state index contributed by atoms with van der Waals surface area (Å²) >= 11 is 3.07. The molecule has 1 fully saturated rings. The summed E-state index contributed by atoms with van der Waals surface area (Å²) in [6.45, 7) is 3.97. The Morgan fingerprint density at radius 2 is 2.00 bits per heavy atom. The molecule has 0 atom stereocenters. The van der Waals surface area contributed by atoms with Crippen LogP contribution in [0.3, 0.4) is 0 Å². The number of likely N-dealkylation sites (tertiary alicyclic amines) is 1. The van der Waals surface area contributed by atoms with E-state index in [2.05, 4.69) is 23.0 Å². The fraction of sp³-hybridized carbons (Fsp3) is 0.900. The number of quaternary nitrogens is 1. The van der Waals surface area contributed by atoms with Gasteiger partial charge in [-0.1, -0.05) is 15.9 Å². The van der Waals surface area contributed by atoms with Crippen molar-refractivity contribution in [2.24, 2.45) is 0 Å². The fourth-order valence-electron chi connectivity index (χ4n) is 1.92. The minimum atomic E-state index is -0.159. The maximum atomic E-state index is 10.9. The van der Waals surface area contributed by atoms with Crippen molar-refractivity contribution in [3.63, 3.8) is 0 Å². The van der Waals surface area contributed by atoms with Crippen molar-refractivity contribution in [2.75, 3.05) is 38.6 Å².